The fraction of sp³-hybridized carbons (Fsp3) is 0.222. The van der Waals surface area contributed by atoms with E-state index in [1.165, 1.54) is 19.1 Å². The van der Waals surface area contributed by atoms with Crippen LogP contribution in [0.2, 0.25) is 0 Å². The number of carbonyl (C=O) groups is 1. The van der Waals surface area contributed by atoms with Crippen LogP contribution in [0.3, 0.4) is 0 Å². The molecule has 14 heavy (non-hydrogen) atoms. The summed E-state index contributed by atoms with van der Waals surface area (Å²) in [5.74, 6) is -0.369. The maximum Gasteiger partial charge on any atom is 0.416 e. The summed E-state index contributed by atoms with van der Waals surface area (Å²) in [6, 6.07) is 4.37. The van der Waals surface area contributed by atoms with Crippen LogP contribution in [0.4, 0.5) is 13.2 Å². The van der Waals surface area contributed by atoms with Crippen molar-refractivity contribution in [1.29, 1.82) is 0 Å². The maximum absolute atomic E-state index is 12.1. The number of rotatable bonds is 1. The summed E-state index contributed by atoms with van der Waals surface area (Å²) in [4.78, 5) is 10.8. The van der Waals surface area contributed by atoms with Crippen LogP contribution >= 0.6 is 17.0 Å². The van der Waals surface area contributed by atoms with Gasteiger partial charge in [-0.15, -0.1) is 17.0 Å². The Morgan fingerprint density at radius 2 is 1.86 bits per heavy atom. The van der Waals surface area contributed by atoms with E-state index in [0.29, 0.717) is 0 Å². The van der Waals surface area contributed by atoms with Crippen molar-refractivity contribution in [3.05, 3.63) is 35.4 Å². The molecule has 0 aliphatic carbocycles. The van der Waals surface area contributed by atoms with Crippen molar-refractivity contribution < 1.29 is 18.0 Å². The van der Waals surface area contributed by atoms with E-state index in [0.717, 1.165) is 12.1 Å². The summed E-state index contributed by atoms with van der Waals surface area (Å²) in [6.07, 6.45) is -4.38. The van der Waals surface area contributed by atoms with Crippen LogP contribution in [0.15, 0.2) is 24.3 Å². The number of carbonyl (C=O) groups excluding carboxylic acids is 1. The molecule has 0 saturated heterocycles. The molecule has 1 aromatic carbocycles. The highest BCUT2D eigenvalue weighted by atomic mass is 79.9. The first-order chi connectivity index (χ1) is 5.91. The van der Waals surface area contributed by atoms with Gasteiger partial charge in [-0.3, -0.25) is 4.79 Å². The van der Waals surface area contributed by atoms with Crippen molar-refractivity contribution in [3.8, 4) is 0 Å². The summed E-state index contributed by atoms with van der Waals surface area (Å²) < 4.78 is 36.4. The molecule has 0 bridgehead atoms. The molecule has 0 fully saturated rings. The van der Waals surface area contributed by atoms with Crippen LogP contribution in [-0.4, -0.2) is 5.78 Å². The van der Waals surface area contributed by atoms with Gasteiger partial charge in [-0.1, -0.05) is 12.1 Å². The average Bonchev–Trinajstić information content (AvgIpc) is 2.03. The SMILES string of the molecule is Br.CC(=O)c1cccc(C(F)(F)F)c1. The Kier molecular flexibility index (Phi) is 4.32. The van der Waals surface area contributed by atoms with Crippen molar-refractivity contribution >= 4 is 22.8 Å². The summed E-state index contributed by atoms with van der Waals surface area (Å²) in [7, 11) is 0. The number of hydrogen-bond donors (Lipinski definition) is 0. The lowest BCUT2D eigenvalue weighted by Crippen LogP contribution is -2.06. The second-order valence-corrected chi connectivity index (χ2v) is 2.63. The van der Waals surface area contributed by atoms with Gasteiger partial charge in [-0.25, -0.2) is 0 Å². The molecule has 0 aliphatic rings. The predicted octanol–water partition coefficient (Wildman–Crippen LogP) is 3.49. The standard InChI is InChI=1S/C9H7F3O.BrH/c1-6(13)7-3-2-4-8(5-7)9(10,11)12;/h2-5H,1H3;1H. The fourth-order valence-corrected chi connectivity index (χ4v) is 0.915. The molecule has 5 heteroatoms. The first-order valence-corrected chi connectivity index (χ1v) is 3.59. The normalized spacial score (nSPS) is 10.6. The van der Waals surface area contributed by atoms with Gasteiger partial charge in [0.05, 0.1) is 5.56 Å². The van der Waals surface area contributed by atoms with Crippen LogP contribution in [0.25, 0.3) is 0 Å². The van der Waals surface area contributed by atoms with Gasteiger partial charge >= 0.3 is 6.18 Å². The van der Waals surface area contributed by atoms with E-state index in [1.807, 2.05) is 0 Å². The minimum Gasteiger partial charge on any atom is -0.295 e. The summed E-state index contributed by atoms with van der Waals surface area (Å²) >= 11 is 0. The lowest BCUT2D eigenvalue weighted by atomic mass is 10.1. The molecule has 1 aromatic rings. The molecule has 78 valence electrons. The zero-order valence-electron chi connectivity index (χ0n) is 7.26. The Labute approximate surface area is 89.7 Å². The maximum atomic E-state index is 12.1. The third kappa shape index (κ3) is 3.14. The van der Waals surface area contributed by atoms with E-state index in [-0.39, 0.29) is 28.3 Å². The summed E-state index contributed by atoms with van der Waals surface area (Å²) in [5.41, 5.74) is -0.713. The third-order valence-electron chi connectivity index (χ3n) is 1.60. The van der Waals surface area contributed by atoms with E-state index in [9.17, 15) is 18.0 Å². The quantitative estimate of drug-likeness (QED) is 0.713. The molecule has 0 N–H and O–H groups in total. The van der Waals surface area contributed by atoms with Gasteiger partial charge in [0.15, 0.2) is 5.78 Å². The van der Waals surface area contributed by atoms with Crippen molar-refractivity contribution in [2.24, 2.45) is 0 Å². The van der Waals surface area contributed by atoms with Crippen LogP contribution in [-0.2, 0) is 6.18 Å². The van der Waals surface area contributed by atoms with Crippen molar-refractivity contribution in [2.75, 3.05) is 0 Å². The largest absolute Gasteiger partial charge is 0.416 e. The molecule has 0 heterocycles. The molecule has 0 aromatic heterocycles. The molecular weight excluding hydrogens is 261 g/mol. The number of benzene rings is 1. The predicted molar refractivity (Wildman–Crippen MR) is 51.8 cm³/mol. The average molecular weight is 269 g/mol. The van der Waals surface area contributed by atoms with Gasteiger partial charge in [-0.05, 0) is 19.1 Å². The van der Waals surface area contributed by atoms with E-state index >= 15 is 0 Å². The topological polar surface area (TPSA) is 17.1 Å². The zero-order valence-corrected chi connectivity index (χ0v) is 8.97. The number of Topliss-reactive ketones (excluding diaryl/α,β-unsaturated/α-hetero) is 1. The lowest BCUT2D eigenvalue weighted by Gasteiger charge is -2.06. The molecule has 0 atom stereocenters. The first kappa shape index (κ1) is 13.2. The van der Waals surface area contributed by atoms with E-state index in [4.69, 9.17) is 0 Å². The molecule has 0 aliphatic heterocycles. The van der Waals surface area contributed by atoms with Crippen LogP contribution in [0.1, 0.15) is 22.8 Å². The Morgan fingerprint density at radius 1 is 1.29 bits per heavy atom. The number of hydrogen-bond acceptors (Lipinski definition) is 1. The molecule has 0 saturated carbocycles. The number of halogens is 4. The zero-order chi connectivity index (χ0) is 10.1. The second kappa shape index (κ2) is 4.59. The number of ketones is 1. The highest BCUT2D eigenvalue weighted by molar-refractivity contribution is 8.93. The van der Waals surface area contributed by atoms with Gasteiger partial charge < -0.3 is 0 Å². The molecule has 0 amide bonds. The smallest absolute Gasteiger partial charge is 0.295 e. The van der Waals surface area contributed by atoms with Crippen LogP contribution in [0, 0.1) is 0 Å². The minimum absolute atomic E-state index is 0. The number of alkyl halides is 3. The first-order valence-electron chi connectivity index (χ1n) is 3.59. The lowest BCUT2D eigenvalue weighted by molar-refractivity contribution is -0.137. The Hall–Kier alpha value is -0.840. The minimum atomic E-state index is -4.38. The molecule has 1 nitrogen and oxygen atoms in total. The fourth-order valence-electron chi connectivity index (χ4n) is 0.915. The van der Waals surface area contributed by atoms with Gasteiger partial charge in [-0.2, -0.15) is 13.2 Å². The Morgan fingerprint density at radius 3 is 2.29 bits per heavy atom. The molecule has 0 spiro atoms. The van der Waals surface area contributed by atoms with Crippen molar-refractivity contribution in [2.45, 2.75) is 13.1 Å². The molecule has 1 rings (SSSR count). The van der Waals surface area contributed by atoms with Crippen molar-refractivity contribution in [1.82, 2.24) is 0 Å². The monoisotopic (exact) mass is 268 g/mol. The highest BCUT2D eigenvalue weighted by Crippen LogP contribution is 2.29. The van der Waals surface area contributed by atoms with Gasteiger partial charge in [0, 0.05) is 5.56 Å². The molecular formula is C9H8BrF3O. The van der Waals surface area contributed by atoms with Crippen LogP contribution < -0.4 is 0 Å². The summed E-state index contributed by atoms with van der Waals surface area (Å²) in [6.45, 7) is 1.23. The van der Waals surface area contributed by atoms with Crippen molar-refractivity contribution in [3.63, 3.8) is 0 Å². The molecule has 0 radical (unpaired) electrons. The van der Waals surface area contributed by atoms with Gasteiger partial charge in [0.2, 0.25) is 0 Å². The molecule has 0 unspecified atom stereocenters. The van der Waals surface area contributed by atoms with Gasteiger partial charge in [0.1, 0.15) is 0 Å². The van der Waals surface area contributed by atoms with Gasteiger partial charge in [0.25, 0.3) is 0 Å². The third-order valence-corrected chi connectivity index (χ3v) is 1.60. The van der Waals surface area contributed by atoms with E-state index < -0.39 is 11.7 Å². The second-order valence-electron chi connectivity index (χ2n) is 2.63. The Balaban J connectivity index is 0.00000169. The van der Waals surface area contributed by atoms with Crippen LogP contribution in [0.5, 0.6) is 0 Å². The van der Waals surface area contributed by atoms with E-state index in [1.54, 1.807) is 0 Å². The summed E-state index contributed by atoms with van der Waals surface area (Å²) in [5, 5.41) is 0. The van der Waals surface area contributed by atoms with E-state index in [2.05, 4.69) is 0 Å². The highest BCUT2D eigenvalue weighted by Gasteiger charge is 2.30. The Bertz CT molecular complexity index is 333.